The van der Waals surface area contributed by atoms with Crippen LogP contribution in [-0.2, 0) is 0 Å². The molecule has 3 aromatic rings. The molecule has 0 unspecified atom stereocenters. The zero-order valence-electron chi connectivity index (χ0n) is 18.5. The van der Waals surface area contributed by atoms with Gasteiger partial charge in [-0.15, -0.1) is 0 Å². The van der Waals surface area contributed by atoms with Crippen LogP contribution in [0.15, 0.2) is 54.7 Å². The molecule has 5 nitrogen and oxygen atoms in total. The van der Waals surface area contributed by atoms with E-state index >= 15 is 0 Å². The van der Waals surface area contributed by atoms with E-state index in [0.717, 1.165) is 62.2 Å². The molecule has 0 atom stereocenters. The average Bonchev–Trinajstić information content (AvgIpc) is 2.82. The summed E-state index contributed by atoms with van der Waals surface area (Å²) in [5.74, 6) is 0.692. The Morgan fingerprint density at radius 2 is 1.79 bits per heavy atom. The number of rotatable bonds is 6. The van der Waals surface area contributed by atoms with Crippen molar-refractivity contribution in [2.24, 2.45) is 5.92 Å². The number of carbonyl (C=O) groups excluding carboxylic acids is 1. The first-order valence-corrected chi connectivity index (χ1v) is 12.4. The van der Waals surface area contributed by atoms with Gasteiger partial charge in [-0.3, -0.25) is 14.7 Å². The van der Waals surface area contributed by atoms with Crippen LogP contribution in [0.5, 0.6) is 0 Å². The number of amides is 1. The summed E-state index contributed by atoms with van der Waals surface area (Å²) in [6.45, 7) is 5.10. The van der Waals surface area contributed by atoms with Gasteiger partial charge in [-0.25, -0.2) is 0 Å². The first-order chi connectivity index (χ1) is 16.1. The molecule has 2 heterocycles. The molecule has 1 amide bonds. The number of aromatic nitrogens is 1. The highest BCUT2D eigenvalue weighted by molar-refractivity contribution is 6.43. The second-order valence-corrected chi connectivity index (χ2v) is 9.86. The van der Waals surface area contributed by atoms with Gasteiger partial charge in [0.15, 0.2) is 0 Å². The number of carbonyl (C=O) groups is 1. The number of pyridine rings is 1. The number of hydrogen-bond acceptors (Lipinski definition) is 4. The summed E-state index contributed by atoms with van der Waals surface area (Å²) in [4.78, 5) is 22.0. The van der Waals surface area contributed by atoms with Crippen LogP contribution in [-0.4, -0.2) is 54.6 Å². The maximum absolute atomic E-state index is 12.8. The molecule has 1 saturated carbocycles. The van der Waals surface area contributed by atoms with Crippen LogP contribution in [0.4, 0.5) is 5.69 Å². The average molecular weight is 483 g/mol. The summed E-state index contributed by atoms with van der Waals surface area (Å²) in [6, 6.07) is 15.7. The van der Waals surface area contributed by atoms with Gasteiger partial charge in [-0.1, -0.05) is 41.4 Å². The van der Waals surface area contributed by atoms with Crippen LogP contribution in [0.1, 0.15) is 29.6 Å². The molecule has 0 bridgehead atoms. The Labute approximate surface area is 204 Å². The molecule has 1 N–H and O–H groups in total. The molecule has 2 fully saturated rings. The maximum atomic E-state index is 12.8. The van der Waals surface area contributed by atoms with Crippen molar-refractivity contribution in [3.63, 3.8) is 0 Å². The van der Waals surface area contributed by atoms with Crippen LogP contribution in [0, 0.1) is 5.92 Å². The minimum absolute atomic E-state index is 0.00727. The van der Waals surface area contributed by atoms with E-state index in [1.54, 1.807) is 6.20 Å². The Bertz CT molecular complexity index is 1130. The molecule has 0 spiro atoms. The van der Waals surface area contributed by atoms with Crippen molar-refractivity contribution in [2.75, 3.05) is 37.6 Å². The maximum Gasteiger partial charge on any atom is 0.252 e. The summed E-state index contributed by atoms with van der Waals surface area (Å²) in [5.41, 5.74) is 2.60. The lowest BCUT2D eigenvalue weighted by atomic mass is 9.78. The van der Waals surface area contributed by atoms with Gasteiger partial charge in [0, 0.05) is 49.4 Å². The highest BCUT2D eigenvalue weighted by atomic mass is 35.5. The topological polar surface area (TPSA) is 48.5 Å². The standard InChI is InChI=1S/C26H28Cl2N4O/c27-22-6-2-8-24(25(22)28)32-14-12-31(13-15-32)11-9-18-16-19(17-18)30-26(33)21-4-1-7-23-20(21)5-3-10-29-23/h1-8,10,18-19H,9,11-17H2,(H,30,33). The van der Waals surface area contributed by atoms with Crippen LogP contribution in [0.2, 0.25) is 10.0 Å². The lowest BCUT2D eigenvalue weighted by Gasteiger charge is -2.40. The molecule has 1 aliphatic carbocycles. The number of benzene rings is 2. The van der Waals surface area contributed by atoms with Gasteiger partial charge in [0.2, 0.25) is 0 Å². The Hall–Kier alpha value is -2.34. The molecule has 1 aromatic heterocycles. The SMILES string of the molecule is O=C(NC1CC(CCN2CCN(c3cccc(Cl)c3Cl)CC2)C1)c1cccc2ncccc12. The van der Waals surface area contributed by atoms with Gasteiger partial charge < -0.3 is 10.2 Å². The highest BCUT2D eigenvalue weighted by Gasteiger charge is 2.31. The molecule has 2 aromatic carbocycles. The fourth-order valence-electron chi connectivity index (χ4n) is 4.97. The van der Waals surface area contributed by atoms with Gasteiger partial charge in [-0.2, -0.15) is 0 Å². The quantitative estimate of drug-likeness (QED) is 0.520. The molecule has 33 heavy (non-hydrogen) atoms. The number of anilines is 1. The second kappa shape index (κ2) is 9.88. The highest BCUT2D eigenvalue weighted by Crippen LogP contribution is 2.34. The van der Waals surface area contributed by atoms with Gasteiger partial charge in [0.1, 0.15) is 0 Å². The Kier molecular flexibility index (Phi) is 6.72. The Balaban J connectivity index is 1.05. The minimum atomic E-state index is 0.00727. The van der Waals surface area contributed by atoms with Crippen molar-refractivity contribution < 1.29 is 4.79 Å². The number of nitrogens with zero attached hydrogens (tertiary/aromatic N) is 3. The van der Waals surface area contributed by atoms with E-state index in [0.29, 0.717) is 21.5 Å². The monoisotopic (exact) mass is 482 g/mol. The molecular formula is C26H28Cl2N4O. The predicted molar refractivity (Wildman–Crippen MR) is 135 cm³/mol. The summed E-state index contributed by atoms with van der Waals surface area (Å²) < 4.78 is 0. The minimum Gasteiger partial charge on any atom is -0.368 e. The van der Waals surface area contributed by atoms with E-state index in [9.17, 15) is 4.79 Å². The molecule has 172 valence electrons. The third-order valence-corrected chi connectivity index (χ3v) is 7.77. The van der Waals surface area contributed by atoms with Crippen LogP contribution < -0.4 is 10.2 Å². The Morgan fingerprint density at radius 3 is 2.61 bits per heavy atom. The van der Waals surface area contributed by atoms with E-state index in [1.807, 2.05) is 48.5 Å². The summed E-state index contributed by atoms with van der Waals surface area (Å²) in [6.07, 6.45) is 5.06. The van der Waals surface area contributed by atoms with E-state index in [1.165, 1.54) is 6.42 Å². The first-order valence-electron chi connectivity index (χ1n) is 11.6. The van der Waals surface area contributed by atoms with Gasteiger partial charge >= 0.3 is 0 Å². The number of hydrogen-bond donors (Lipinski definition) is 1. The lowest BCUT2D eigenvalue weighted by molar-refractivity contribution is 0.0879. The molecular weight excluding hydrogens is 455 g/mol. The van der Waals surface area contributed by atoms with E-state index in [4.69, 9.17) is 23.2 Å². The molecule has 1 saturated heterocycles. The zero-order chi connectivity index (χ0) is 22.8. The smallest absolute Gasteiger partial charge is 0.252 e. The van der Waals surface area contributed by atoms with Gasteiger partial charge in [0.25, 0.3) is 5.91 Å². The molecule has 0 radical (unpaired) electrons. The number of fused-ring (bicyclic) bond motifs is 1. The number of piperazine rings is 1. The first kappa shape index (κ1) is 22.5. The predicted octanol–water partition coefficient (Wildman–Crippen LogP) is 5.26. The third kappa shape index (κ3) is 4.96. The molecule has 7 heteroatoms. The van der Waals surface area contributed by atoms with Gasteiger partial charge in [0.05, 0.1) is 21.2 Å². The third-order valence-electron chi connectivity index (χ3n) is 6.96. The van der Waals surface area contributed by atoms with E-state index < -0.39 is 0 Å². The summed E-state index contributed by atoms with van der Waals surface area (Å²) in [7, 11) is 0. The van der Waals surface area contributed by atoms with Crippen LogP contribution in [0.25, 0.3) is 10.9 Å². The van der Waals surface area contributed by atoms with E-state index in [-0.39, 0.29) is 11.9 Å². The fraction of sp³-hybridized carbons (Fsp3) is 0.385. The molecule has 1 aliphatic heterocycles. The van der Waals surface area contributed by atoms with E-state index in [2.05, 4.69) is 20.1 Å². The van der Waals surface area contributed by atoms with Crippen molar-refractivity contribution in [1.29, 1.82) is 0 Å². The zero-order valence-corrected chi connectivity index (χ0v) is 20.0. The molecule has 5 rings (SSSR count). The molecule has 2 aliphatic rings. The second-order valence-electron chi connectivity index (χ2n) is 9.07. The van der Waals surface area contributed by atoms with Crippen LogP contribution in [0.3, 0.4) is 0 Å². The Morgan fingerprint density at radius 1 is 1.00 bits per heavy atom. The van der Waals surface area contributed by atoms with Crippen molar-refractivity contribution in [1.82, 2.24) is 15.2 Å². The van der Waals surface area contributed by atoms with Crippen molar-refractivity contribution in [2.45, 2.75) is 25.3 Å². The normalized spacial score (nSPS) is 21.1. The van der Waals surface area contributed by atoms with Crippen molar-refractivity contribution in [3.05, 3.63) is 70.3 Å². The van der Waals surface area contributed by atoms with Crippen LogP contribution >= 0.6 is 23.2 Å². The fourth-order valence-corrected chi connectivity index (χ4v) is 5.38. The largest absolute Gasteiger partial charge is 0.368 e. The van der Waals surface area contributed by atoms with Gasteiger partial charge in [-0.05, 0) is 62.1 Å². The van der Waals surface area contributed by atoms with Crippen molar-refractivity contribution in [3.8, 4) is 0 Å². The lowest BCUT2D eigenvalue weighted by Crippen LogP contribution is -2.48. The summed E-state index contributed by atoms with van der Waals surface area (Å²) in [5, 5.41) is 5.38. The number of halogens is 2. The summed E-state index contributed by atoms with van der Waals surface area (Å²) >= 11 is 12.6. The van der Waals surface area contributed by atoms with Crippen molar-refractivity contribution >= 4 is 45.7 Å². The number of nitrogens with one attached hydrogen (secondary N) is 1.